The summed E-state index contributed by atoms with van der Waals surface area (Å²) in [7, 11) is 0. The molecule has 158 valence electrons. The van der Waals surface area contributed by atoms with Crippen LogP contribution in [0.25, 0.3) is 0 Å². The minimum atomic E-state index is -1.40. The number of rotatable bonds is 3. The Morgan fingerprint density at radius 3 is 2.39 bits per heavy atom. The fourth-order valence-electron chi connectivity index (χ4n) is 8.12. The molecule has 0 aliphatic heterocycles. The van der Waals surface area contributed by atoms with E-state index in [4.69, 9.17) is 4.89 Å². The van der Waals surface area contributed by atoms with E-state index in [1.165, 1.54) is 0 Å². The van der Waals surface area contributed by atoms with E-state index in [0.717, 1.165) is 12.0 Å². The summed E-state index contributed by atoms with van der Waals surface area (Å²) >= 11 is 0. The Morgan fingerprint density at radius 2 is 1.86 bits per heavy atom. The molecule has 4 rings (SSSR count). The molecule has 1 spiro atoms. The van der Waals surface area contributed by atoms with Crippen LogP contribution in [0, 0.1) is 39.9 Å². The molecule has 0 heterocycles. The van der Waals surface area contributed by atoms with Crippen LogP contribution in [0.5, 0.6) is 0 Å². The van der Waals surface area contributed by atoms with Crippen LogP contribution in [0.2, 0.25) is 0 Å². The smallest absolute Gasteiger partial charge is 0.151 e. The van der Waals surface area contributed by atoms with E-state index in [0.29, 0.717) is 17.9 Å². The molecule has 0 aromatic carbocycles. The molecule has 28 heavy (non-hydrogen) atoms. The van der Waals surface area contributed by atoms with Gasteiger partial charge in [0.1, 0.15) is 6.10 Å². The van der Waals surface area contributed by atoms with Gasteiger partial charge in [0.25, 0.3) is 0 Å². The van der Waals surface area contributed by atoms with Crippen LogP contribution in [0.1, 0.15) is 54.4 Å². The summed E-state index contributed by atoms with van der Waals surface area (Å²) in [6.45, 7) is 12.5. The Hall–Kier alpha value is -0.720. The largest absolute Gasteiger partial charge is 0.392 e. The topological polar surface area (TPSA) is 90.2 Å². The first-order valence-electron chi connectivity index (χ1n) is 10.7. The van der Waals surface area contributed by atoms with Crippen LogP contribution in [-0.4, -0.2) is 45.0 Å². The highest BCUT2D eigenvalue weighted by atomic mass is 17.1. The minimum absolute atomic E-state index is 0.00153. The third-order valence-electron chi connectivity index (χ3n) is 9.93. The average Bonchev–Trinajstić information content (AvgIpc) is 2.99. The van der Waals surface area contributed by atoms with Gasteiger partial charge in [-0.2, -0.15) is 0 Å². The van der Waals surface area contributed by atoms with Crippen LogP contribution in [0.3, 0.4) is 0 Å². The predicted molar refractivity (Wildman–Crippen MR) is 106 cm³/mol. The van der Waals surface area contributed by atoms with Crippen molar-refractivity contribution in [1.82, 2.24) is 0 Å². The Morgan fingerprint density at radius 1 is 1.21 bits per heavy atom. The molecule has 0 amide bonds. The summed E-state index contributed by atoms with van der Waals surface area (Å²) in [5, 5.41) is 44.0. The van der Waals surface area contributed by atoms with Gasteiger partial charge in [-0.3, -0.25) is 5.26 Å². The van der Waals surface area contributed by atoms with Gasteiger partial charge in [0.05, 0.1) is 18.1 Å². The van der Waals surface area contributed by atoms with Crippen LogP contribution in [0.4, 0.5) is 0 Å². The molecule has 4 N–H and O–H groups in total. The fourth-order valence-corrected chi connectivity index (χ4v) is 8.12. The van der Waals surface area contributed by atoms with Gasteiger partial charge in [0, 0.05) is 11.8 Å². The highest BCUT2D eigenvalue weighted by molar-refractivity contribution is 5.43. The Balaban J connectivity index is 2.04. The lowest BCUT2D eigenvalue weighted by molar-refractivity contribution is -0.388. The standard InChI is InChI=1S/C23H36O5/c1-7-15-12(2)10-22-13(3)8-17-20(4,5)21(17,6)16(19(22)26)9-14(11-24)18(25)23(15,22)28-27/h9-10,13,15-19,24-27H,7-8,11H2,1-6H3. The fraction of sp³-hybridized carbons (Fsp3) is 0.826. The Bertz CT molecular complexity index is 741. The second-order valence-corrected chi connectivity index (χ2v) is 10.6. The molecule has 2 fully saturated rings. The van der Waals surface area contributed by atoms with Crippen LogP contribution in [-0.2, 0) is 4.89 Å². The molecule has 0 aromatic rings. The maximum Gasteiger partial charge on any atom is 0.151 e. The minimum Gasteiger partial charge on any atom is -0.392 e. The van der Waals surface area contributed by atoms with E-state index in [1.807, 2.05) is 19.9 Å². The summed E-state index contributed by atoms with van der Waals surface area (Å²) in [5.41, 5.74) is -0.924. The van der Waals surface area contributed by atoms with Crippen molar-refractivity contribution < 1.29 is 25.5 Å². The molecule has 2 bridgehead atoms. The van der Waals surface area contributed by atoms with Gasteiger partial charge in [-0.25, -0.2) is 4.89 Å². The van der Waals surface area contributed by atoms with E-state index < -0.39 is 23.2 Å². The first kappa shape index (κ1) is 20.5. The zero-order valence-corrected chi connectivity index (χ0v) is 17.9. The molecule has 9 unspecified atom stereocenters. The molecule has 9 atom stereocenters. The van der Waals surface area contributed by atoms with Crippen molar-refractivity contribution in [3.05, 3.63) is 23.3 Å². The van der Waals surface area contributed by atoms with E-state index in [-0.39, 0.29) is 35.2 Å². The van der Waals surface area contributed by atoms with Crippen molar-refractivity contribution in [2.75, 3.05) is 6.61 Å². The van der Waals surface area contributed by atoms with Crippen LogP contribution >= 0.6 is 0 Å². The molecule has 2 saturated carbocycles. The van der Waals surface area contributed by atoms with Gasteiger partial charge >= 0.3 is 0 Å². The van der Waals surface area contributed by atoms with E-state index >= 15 is 0 Å². The predicted octanol–water partition coefficient (Wildman–Crippen LogP) is 3.16. The highest BCUT2D eigenvalue weighted by Gasteiger charge is 2.80. The number of aliphatic hydroxyl groups excluding tert-OH is 3. The zero-order chi connectivity index (χ0) is 20.9. The average molecular weight is 393 g/mol. The maximum absolute atomic E-state index is 12.0. The van der Waals surface area contributed by atoms with Gasteiger partial charge in [-0.15, -0.1) is 0 Å². The third kappa shape index (κ3) is 1.87. The lowest BCUT2D eigenvalue weighted by atomic mass is 9.56. The number of aliphatic hydroxyl groups is 3. The second-order valence-electron chi connectivity index (χ2n) is 10.6. The first-order valence-corrected chi connectivity index (χ1v) is 10.7. The lowest BCUT2D eigenvalue weighted by Crippen LogP contribution is -2.65. The van der Waals surface area contributed by atoms with Gasteiger partial charge < -0.3 is 15.3 Å². The monoisotopic (exact) mass is 392 g/mol. The quantitative estimate of drug-likeness (QED) is 0.337. The van der Waals surface area contributed by atoms with Crippen LogP contribution < -0.4 is 0 Å². The summed E-state index contributed by atoms with van der Waals surface area (Å²) in [6, 6.07) is 0. The molecular weight excluding hydrogens is 356 g/mol. The van der Waals surface area contributed by atoms with Gasteiger partial charge in [-0.1, -0.05) is 52.3 Å². The lowest BCUT2D eigenvalue weighted by Gasteiger charge is -2.53. The molecule has 0 aromatic heterocycles. The van der Waals surface area contributed by atoms with Crippen LogP contribution in [0.15, 0.2) is 23.3 Å². The van der Waals surface area contributed by atoms with E-state index in [2.05, 4.69) is 33.8 Å². The molecule has 4 aliphatic carbocycles. The van der Waals surface area contributed by atoms with E-state index in [9.17, 15) is 20.6 Å². The normalized spacial score (nSPS) is 54.1. The number of hydrogen-bond donors (Lipinski definition) is 4. The molecular formula is C23H36O5. The zero-order valence-electron chi connectivity index (χ0n) is 17.9. The summed E-state index contributed by atoms with van der Waals surface area (Å²) in [5.74, 6) is -0.0518. The summed E-state index contributed by atoms with van der Waals surface area (Å²) in [4.78, 5) is 5.29. The van der Waals surface area contributed by atoms with Crippen molar-refractivity contribution in [2.45, 2.75) is 72.2 Å². The van der Waals surface area contributed by atoms with Gasteiger partial charge in [0.2, 0.25) is 0 Å². The maximum atomic E-state index is 12.0. The SMILES string of the molecule is CCC1C(C)=CC23C(C)CC4C(C)(C)C4(C)C(C=C(CO)C(O)C12OO)C3O. The van der Waals surface area contributed by atoms with Crippen molar-refractivity contribution in [2.24, 2.45) is 39.9 Å². The summed E-state index contributed by atoms with van der Waals surface area (Å²) < 4.78 is 0. The van der Waals surface area contributed by atoms with Crippen molar-refractivity contribution >= 4 is 0 Å². The van der Waals surface area contributed by atoms with E-state index in [1.54, 1.807) is 0 Å². The highest BCUT2D eigenvalue weighted by Crippen LogP contribution is 2.80. The first-order chi connectivity index (χ1) is 13.0. The Labute approximate surface area is 168 Å². The molecule has 4 aliphatic rings. The molecule has 0 radical (unpaired) electrons. The number of hydrogen-bond acceptors (Lipinski definition) is 5. The Kier molecular flexibility index (Phi) is 4.34. The third-order valence-corrected chi connectivity index (χ3v) is 9.93. The van der Waals surface area contributed by atoms with Gasteiger partial charge in [0.15, 0.2) is 5.60 Å². The van der Waals surface area contributed by atoms with Crippen molar-refractivity contribution in [3.63, 3.8) is 0 Å². The number of fused-ring (bicyclic) bond motifs is 3. The molecule has 5 nitrogen and oxygen atoms in total. The molecule has 5 heteroatoms. The van der Waals surface area contributed by atoms with Gasteiger partial charge in [-0.05, 0) is 48.0 Å². The molecule has 0 saturated heterocycles. The van der Waals surface area contributed by atoms with Crippen molar-refractivity contribution in [3.8, 4) is 0 Å². The second kappa shape index (κ2) is 5.92. The summed E-state index contributed by atoms with van der Waals surface area (Å²) in [6.07, 6.45) is 3.53. The van der Waals surface area contributed by atoms with Crippen molar-refractivity contribution in [1.29, 1.82) is 0 Å².